The highest BCUT2D eigenvalue weighted by Gasteiger charge is 2.35. The molecule has 1 aliphatic carbocycles. The van der Waals surface area contributed by atoms with Gasteiger partial charge in [-0.05, 0) is 31.9 Å². The Balaban J connectivity index is 1.63. The molecule has 1 saturated carbocycles. The van der Waals surface area contributed by atoms with Crippen molar-refractivity contribution in [1.29, 1.82) is 0 Å². The van der Waals surface area contributed by atoms with E-state index in [1.54, 1.807) is 0 Å². The highest BCUT2D eigenvalue weighted by molar-refractivity contribution is 5.60. The van der Waals surface area contributed by atoms with Crippen molar-refractivity contribution in [2.24, 2.45) is 7.05 Å². The van der Waals surface area contributed by atoms with E-state index in [9.17, 15) is 8.78 Å². The minimum absolute atomic E-state index is 0.00932. The predicted molar refractivity (Wildman–Crippen MR) is 105 cm³/mol. The lowest BCUT2D eigenvalue weighted by Crippen LogP contribution is -2.37. The molecule has 1 saturated heterocycles. The number of aromatic nitrogens is 3. The topological polar surface area (TPSA) is 55.2 Å². The van der Waals surface area contributed by atoms with Gasteiger partial charge in [0.05, 0.1) is 18.9 Å². The summed E-state index contributed by atoms with van der Waals surface area (Å²) < 4.78 is 34.5. The second-order valence-electron chi connectivity index (χ2n) is 7.73. The first-order valence-electron chi connectivity index (χ1n) is 9.90. The van der Waals surface area contributed by atoms with Crippen LogP contribution in [-0.4, -0.2) is 52.8 Å². The molecule has 2 aliphatic rings. The molecule has 0 spiro atoms. The quantitative estimate of drug-likeness (QED) is 0.863. The molecular formula is C20H27F2N5O. The summed E-state index contributed by atoms with van der Waals surface area (Å²) in [5.41, 5.74) is 2.06. The number of aryl methyl sites for hydroxylation is 1. The third-order valence-electron chi connectivity index (χ3n) is 5.72. The van der Waals surface area contributed by atoms with Crippen LogP contribution in [0.2, 0.25) is 0 Å². The van der Waals surface area contributed by atoms with Gasteiger partial charge in [0.1, 0.15) is 11.6 Å². The van der Waals surface area contributed by atoms with Crippen LogP contribution in [0.4, 0.5) is 20.4 Å². The fraction of sp³-hybridized carbons (Fsp3) is 0.600. The summed E-state index contributed by atoms with van der Waals surface area (Å²) in [6.07, 6.45) is 0.747. The zero-order valence-corrected chi connectivity index (χ0v) is 16.4. The lowest BCUT2D eigenvalue weighted by Gasteiger charge is -2.30. The number of hydrogen-bond donors (Lipinski definition) is 1. The van der Waals surface area contributed by atoms with Gasteiger partial charge in [0.15, 0.2) is 5.82 Å². The molecule has 0 bridgehead atoms. The van der Waals surface area contributed by atoms with E-state index in [-0.39, 0.29) is 18.9 Å². The van der Waals surface area contributed by atoms with E-state index >= 15 is 0 Å². The number of nitrogens with zero attached hydrogens (tertiary/aromatic N) is 4. The number of alkyl halides is 2. The van der Waals surface area contributed by atoms with Gasteiger partial charge in [0.2, 0.25) is 5.92 Å². The molecule has 3 heterocycles. The Labute approximate surface area is 163 Å². The highest BCUT2D eigenvalue weighted by Crippen LogP contribution is 2.34. The fourth-order valence-corrected chi connectivity index (χ4v) is 3.81. The van der Waals surface area contributed by atoms with Crippen molar-refractivity contribution in [3.8, 4) is 11.5 Å². The molecule has 0 radical (unpaired) electrons. The van der Waals surface area contributed by atoms with Gasteiger partial charge in [0, 0.05) is 50.8 Å². The van der Waals surface area contributed by atoms with Crippen LogP contribution in [-0.2, 0) is 11.8 Å². The van der Waals surface area contributed by atoms with Gasteiger partial charge in [-0.25, -0.2) is 18.7 Å². The Hall–Kier alpha value is -2.22. The molecule has 0 atom stereocenters. The average Bonchev–Trinajstić information content (AvgIpc) is 3.03. The van der Waals surface area contributed by atoms with Gasteiger partial charge in [-0.2, -0.15) is 0 Å². The van der Waals surface area contributed by atoms with Crippen molar-refractivity contribution in [3.05, 3.63) is 23.9 Å². The van der Waals surface area contributed by atoms with Crippen molar-refractivity contribution in [1.82, 2.24) is 14.5 Å². The van der Waals surface area contributed by atoms with Crippen LogP contribution in [0, 0.1) is 6.92 Å². The Morgan fingerprint density at radius 1 is 1.14 bits per heavy atom. The Bertz CT molecular complexity index is 822. The van der Waals surface area contributed by atoms with E-state index in [2.05, 4.69) is 14.8 Å². The van der Waals surface area contributed by atoms with Gasteiger partial charge in [-0.3, -0.25) is 0 Å². The number of nitrogens with one attached hydrogen (secondary N) is 1. The van der Waals surface area contributed by atoms with Crippen molar-refractivity contribution in [2.75, 3.05) is 36.5 Å². The average molecular weight is 391 g/mol. The summed E-state index contributed by atoms with van der Waals surface area (Å²) >= 11 is 0. The second-order valence-corrected chi connectivity index (χ2v) is 7.73. The standard InChI is InChI=1S/C20H27F2N5O/c1-14-3-4-16(26(14)2)19-24-17(23-15-5-7-20(21,22)8-6-15)13-18(25-19)27-9-11-28-12-10-27/h3-4,13,15H,5-12H2,1-2H3,(H,23,24,25). The third kappa shape index (κ3) is 4.11. The van der Waals surface area contributed by atoms with Gasteiger partial charge in [0.25, 0.3) is 0 Å². The monoisotopic (exact) mass is 391 g/mol. The lowest BCUT2D eigenvalue weighted by atomic mass is 9.92. The molecule has 4 rings (SSSR count). The number of rotatable bonds is 4. The Morgan fingerprint density at radius 2 is 1.86 bits per heavy atom. The number of morpholine rings is 1. The summed E-state index contributed by atoms with van der Waals surface area (Å²) in [5, 5.41) is 3.38. The van der Waals surface area contributed by atoms with Gasteiger partial charge >= 0.3 is 0 Å². The first kappa shape index (κ1) is 19.1. The molecule has 28 heavy (non-hydrogen) atoms. The summed E-state index contributed by atoms with van der Waals surface area (Å²) in [4.78, 5) is 11.7. The minimum atomic E-state index is -2.53. The molecular weight excluding hydrogens is 364 g/mol. The maximum Gasteiger partial charge on any atom is 0.248 e. The second kappa shape index (κ2) is 7.66. The van der Waals surface area contributed by atoms with Crippen LogP contribution in [0.1, 0.15) is 31.4 Å². The normalized spacial score (nSPS) is 20.4. The summed E-state index contributed by atoms with van der Waals surface area (Å²) in [7, 11) is 1.99. The molecule has 0 amide bonds. The minimum Gasteiger partial charge on any atom is -0.378 e. The zero-order valence-electron chi connectivity index (χ0n) is 16.4. The molecule has 2 aromatic heterocycles. The number of halogens is 2. The number of anilines is 2. The number of hydrogen-bond acceptors (Lipinski definition) is 5. The maximum atomic E-state index is 13.5. The van der Waals surface area contributed by atoms with Crippen molar-refractivity contribution >= 4 is 11.6 Å². The van der Waals surface area contributed by atoms with Crippen molar-refractivity contribution in [2.45, 2.75) is 44.6 Å². The highest BCUT2D eigenvalue weighted by atomic mass is 19.3. The molecule has 1 aliphatic heterocycles. The van der Waals surface area contributed by atoms with Crippen LogP contribution in [0.25, 0.3) is 11.5 Å². The van der Waals surface area contributed by atoms with Crippen molar-refractivity contribution < 1.29 is 13.5 Å². The fourth-order valence-electron chi connectivity index (χ4n) is 3.81. The summed E-state index contributed by atoms with van der Waals surface area (Å²) in [5.74, 6) is -0.353. The SMILES string of the molecule is Cc1ccc(-c2nc(NC3CCC(F)(F)CC3)cc(N3CCOCC3)n2)n1C. The molecule has 6 nitrogen and oxygen atoms in total. The first-order chi connectivity index (χ1) is 13.4. The number of ether oxygens (including phenoxy) is 1. The lowest BCUT2D eigenvalue weighted by molar-refractivity contribution is -0.0361. The summed E-state index contributed by atoms with van der Waals surface area (Å²) in [6.45, 7) is 4.93. The van der Waals surface area contributed by atoms with Gasteiger partial charge in [-0.1, -0.05) is 0 Å². The van der Waals surface area contributed by atoms with E-state index in [0.717, 1.165) is 30.3 Å². The third-order valence-corrected chi connectivity index (χ3v) is 5.72. The van der Waals surface area contributed by atoms with E-state index in [1.807, 2.05) is 32.2 Å². The Morgan fingerprint density at radius 3 is 2.50 bits per heavy atom. The molecule has 2 fully saturated rings. The molecule has 0 aromatic carbocycles. The van der Waals surface area contributed by atoms with Crippen molar-refractivity contribution in [3.63, 3.8) is 0 Å². The molecule has 0 unspecified atom stereocenters. The van der Waals surface area contributed by atoms with Gasteiger partial charge < -0.3 is 19.5 Å². The molecule has 2 aromatic rings. The van der Waals surface area contributed by atoms with E-state index in [4.69, 9.17) is 14.7 Å². The van der Waals surface area contributed by atoms with E-state index < -0.39 is 5.92 Å². The maximum absolute atomic E-state index is 13.5. The van der Waals surface area contributed by atoms with Crippen LogP contribution >= 0.6 is 0 Å². The van der Waals surface area contributed by atoms with E-state index in [0.29, 0.717) is 37.7 Å². The molecule has 152 valence electrons. The smallest absolute Gasteiger partial charge is 0.248 e. The van der Waals surface area contributed by atoms with Gasteiger partial charge in [-0.15, -0.1) is 0 Å². The largest absolute Gasteiger partial charge is 0.378 e. The first-order valence-corrected chi connectivity index (χ1v) is 9.90. The van der Waals surface area contributed by atoms with Crippen LogP contribution in [0.3, 0.4) is 0 Å². The predicted octanol–water partition coefficient (Wildman–Crippen LogP) is 3.62. The summed E-state index contributed by atoms with van der Waals surface area (Å²) in [6, 6.07) is 5.99. The molecule has 8 heteroatoms. The van der Waals surface area contributed by atoms with E-state index in [1.165, 1.54) is 0 Å². The Kier molecular flexibility index (Phi) is 5.23. The molecule has 1 N–H and O–H groups in total. The van der Waals surface area contributed by atoms with Crippen LogP contribution < -0.4 is 10.2 Å². The van der Waals surface area contributed by atoms with Crippen LogP contribution in [0.15, 0.2) is 18.2 Å². The van der Waals surface area contributed by atoms with Crippen LogP contribution in [0.5, 0.6) is 0 Å². The zero-order chi connectivity index (χ0) is 19.7.